The Labute approximate surface area is 190 Å². The molecule has 2 aromatic rings. The molecule has 0 saturated heterocycles. The Kier molecular flexibility index (Phi) is 7.13. The van der Waals surface area contributed by atoms with E-state index in [4.69, 9.17) is 37.1 Å². The zero-order valence-corrected chi connectivity index (χ0v) is 19.2. The van der Waals surface area contributed by atoms with E-state index in [1.54, 1.807) is 58.0 Å². The van der Waals surface area contributed by atoms with Crippen LogP contribution in [-0.2, 0) is 19.1 Å². The number of dihydropyridines is 1. The lowest BCUT2D eigenvalue weighted by molar-refractivity contribution is -0.139. The standard InChI is InChI=1S/C23H23Cl2NO5/c1-5-29-22(27)18-12(3)26-13(4)19(23(28)30-6-2)20(18)17-11-10-16(31-17)14-8-7-9-15(24)21(14)25/h7-11,20,26H,5-6H2,1-4H3. The van der Waals surface area contributed by atoms with Gasteiger partial charge >= 0.3 is 11.9 Å². The summed E-state index contributed by atoms with van der Waals surface area (Å²) in [6, 6.07) is 8.66. The van der Waals surface area contributed by atoms with Crippen LogP contribution in [0.2, 0.25) is 10.0 Å². The third-order valence-corrected chi connectivity index (χ3v) is 5.70. The van der Waals surface area contributed by atoms with Crippen molar-refractivity contribution in [1.29, 1.82) is 0 Å². The maximum Gasteiger partial charge on any atom is 0.336 e. The van der Waals surface area contributed by atoms with Crippen molar-refractivity contribution in [3.8, 4) is 11.3 Å². The second-order valence-corrected chi connectivity index (χ2v) is 7.66. The maximum atomic E-state index is 12.8. The molecule has 0 bridgehead atoms. The van der Waals surface area contributed by atoms with Gasteiger partial charge in [0.25, 0.3) is 0 Å². The average molecular weight is 464 g/mol. The number of furan rings is 1. The summed E-state index contributed by atoms with van der Waals surface area (Å²) in [6.07, 6.45) is 0. The van der Waals surface area contributed by atoms with Crippen LogP contribution in [0.25, 0.3) is 11.3 Å². The van der Waals surface area contributed by atoms with E-state index in [1.165, 1.54) is 0 Å². The van der Waals surface area contributed by atoms with E-state index in [9.17, 15) is 9.59 Å². The number of hydrogen-bond acceptors (Lipinski definition) is 6. The van der Waals surface area contributed by atoms with Gasteiger partial charge in [0.1, 0.15) is 11.5 Å². The molecular weight excluding hydrogens is 441 g/mol. The number of rotatable bonds is 6. The first-order valence-corrected chi connectivity index (χ1v) is 10.6. The molecule has 6 nitrogen and oxygen atoms in total. The monoisotopic (exact) mass is 463 g/mol. The largest absolute Gasteiger partial charge is 0.463 e. The van der Waals surface area contributed by atoms with Crippen LogP contribution in [0.4, 0.5) is 0 Å². The lowest BCUT2D eigenvalue weighted by atomic mass is 9.83. The molecule has 0 amide bonds. The summed E-state index contributed by atoms with van der Waals surface area (Å²) >= 11 is 12.5. The molecule has 31 heavy (non-hydrogen) atoms. The number of carbonyl (C=O) groups is 2. The predicted octanol–water partition coefficient (Wildman–Crippen LogP) is 5.61. The molecule has 0 unspecified atom stereocenters. The van der Waals surface area contributed by atoms with Crippen LogP contribution in [0.5, 0.6) is 0 Å². The fourth-order valence-electron chi connectivity index (χ4n) is 3.58. The van der Waals surface area contributed by atoms with Crippen molar-refractivity contribution in [2.24, 2.45) is 0 Å². The van der Waals surface area contributed by atoms with E-state index in [0.717, 1.165) is 0 Å². The van der Waals surface area contributed by atoms with Gasteiger partial charge in [0.05, 0.1) is 40.3 Å². The van der Waals surface area contributed by atoms with Gasteiger partial charge in [0.15, 0.2) is 0 Å². The number of hydrogen-bond donors (Lipinski definition) is 1. The molecule has 1 aliphatic rings. The number of allylic oxidation sites excluding steroid dienone is 2. The topological polar surface area (TPSA) is 77.8 Å². The molecule has 0 aliphatic carbocycles. The summed E-state index contributed by atoms with van der Waals surface area (Å²) in [5.74, 6) is -1.03. The maximum absolute atomic E-state index is 12.8. The summed E-state index contributed by atoms with van der Waals surface area (Å²) in [5.41, 5.74) is 2.33. The molecule has 0 atom stereocenters. The highest BCUT2D eigenvalue weighted by Crippen LogP contribution is 2.42. The highest BCUT2D eigenvalue weighted by molar-refractivity contribution is 6.43. The third kappa shape index (κ3) is 4.50. The van der Waals surface area contributed by atoms with Crippen LogP contribution in [0.3, 0.4) is 0 Å². The van der Waals surface area contributed by atoms with Crippen molar-refractivity contribution in [3.05, 3.63) is 68.7 Å². The first-order valence-electron chi connectivity index (χ1n) is 9.86. The summed E-state index contributed by atoms with van der Waals surface area (Å²) in [4.78, 5) is 25.7. The first-order chi connectivity index (χ1) is 14.8. The third-order valence-electron chi connectivity index (χ3n) is 4.88. The zero-order valence-electron chi connectivity index (χ0n) is 17.7. The minimum Gasteiger partial charge on any atom is -0.463 e. The molecule has 1 aromatic heterocycles. The van der Waals surface area contributed by atoms with Gasteiger partial charge in [-0.3, -0.25) is 0 Å². The SMILES string of the molecule is CCOC(=O)C1=C(C)NC(C)=C(C(=O)OCC)C1c1ccc(-c2cccc(Cl)c2Cl)o1. The van der Waals surface area contributed by atoms with E-state index in [-0.39, 0.29) is 24.4 Å². The molecule has 3 rings (SSSR count). The van der Waals surface area contributed by atoms with Crippen LogP contribution in [-0.4, -0.2) is 25.2 Å². The van der Waals surface area contributed by atoms with Crippen molar-refractivity contribution < 1.29 is 23.5 Å². The van der Waals surface area contributed by atoms with Gasteiger partial charge in [-0.2, -0.15) is 0 Å². The lowest BCUT2D eigenvalue weighted by Crippen LogP contribution is -2.32. The molecule has 0 spiro atoms. The molecule has 8 heteroatoms. The van der Waals surface area contributed by atoms with Crippen molar-refractivity contribution in [2.75, 3.05) is 13.2 Å². The predicted molar refractivity (Wildman–Crippen MR) is 119 cm³/mol. The van der Waals surface area contributed by atoms with Gasteiger partial charge < -0.3 is 19.2 Å². The Balaban J connectivity index is 2.15. The molecule has 0 saturated carbocycles. The molecule has 0 fully saturated rings. The number of nitrogens with one attached hydrogen (secondary N) is 1. The quantitative estimate of drug-likeness (QED) is 0.560. The summed E-state index contributed by atoms with van der Waals surface area (Å²) in [6.45, 7) is 7.34. The van der Waals surface area contributed by atoms with E-state index >= 15 is 0 Å². The Bertz CT molecular complexity index is 1040. The number of esters is 2. The minimum atomic E-state index is -0.800. The van der Waals surface area contributed by atoms with E-state index in [0.29, 0.717) is 38.5 Å². The molecular formula is C23H23Cl2NO5. The smallest absolute Gasteiger partial charge is 0.336 e. The van der Waals surface area contributed by atoms with Crippen LogP contribution in [0.15, 0.2) is 57.3 Å². The first kappa shape index (κ1) is 23.0. The van der Waals surface area contributed by atoms with E-state index < -0.39 is 17.9 Å². The average Bonchev–Trinajstić information content (AvgIpc) is 3.19. The molecule has 1 aliphatic heterocycles. The molecule has 164 valence electrons. The van der Waals surface area contributed by atoms with Crippen LogP contribution in [0.1, 0.15) is 39.4 Å². The lowest BCUT2D eigenvalue weighted by Gasteiger charge is -2.28. The normalized spacial score (nSPS) is 14.5. The zero-order chi connectivity index (χ0) is 22.7. The van der Waals surface area contributed by atoms with Crippen molar-refractivity contribution >= 4 is 35.1 Å². The van der Waals surface area contributed by atoms with Crippen LogP contribution in [0, 0.1) is 0 Å². The summed E-state index contributed by atoms with van der Waals surface area (Å²) < 4.78 is 16.6. The molecule has 0 radical (unpaired) electrons. The summed E-state index contributed by atoms with van der Waals surface area (Å²) in [7, 11) is 0. The second-order valence-electron chi connectivity index (χ2n) is 6.88. The Hall–Kier alpha value is -2.70. The fourth-order valence-corrected chi connectivity index (χ4v) is 3.98. The van der Waals surface area contributed by atoms with Gasteiger partial charge in [0, 0.05) is 17.0 Å². The molecule has 1 aromatic carbocycles. The van der Waals surface area contributed by atoms with E-state index in [1.807, 2.05) is 0 Å². The molecule has 2 heterocycles. The minimum absolute atomic E-state index is 0.196. The second kappa shape index (κ2) is 9.62. The number of ether oxygens (including phenoxy) is 2. The highest BCUT2D eigenvalue weighted by Gasteiger charge is 2.39. The van der Waals surface area contributed by atoms with Crippen LogP contribution < -0.4 is 5.32 Å². The van der Waals surface area contributed by atoms with Crippen molar-refractivity contribution in [2.45, 2.75) is 33.6 Å². The summed E-state index contributed by atoms with van der Waals surface area (Å²) in [5, 5.41) is 3.84. The highest BCUT2D eigenvalue weighted by atomic mass is 35.5. The van der Waals surface area contributed by atoms with Gasteiger partial charge in [-0.15, -0.1) is 0 Å². The molecule has 1 N–H and O–H groups in total. The van der Waals surface area contributed by atoms with Crippen LogP contribution >= 0.6 is 23.2 Å². The van der Waals surface area contributed by atoms with Gasteiger partial charge in [-0.25, -0.2) is 9.59 Å². The van der Waals surface area contributed by atoms with Gasteiger partial charge in [-0.05, 0) is 52.0 Å². The number of benzene rings is 1. The number of halogens is 2. The van der Waals surface area contributed by atoms with E-state index in [2.05, 4.69) is 5.32 Å². The Morgan fingerprint density at radius 3 is 2.10 bits per heavy atom. The van der Waals surface area contributed by atoms with Gasteiger partial charge in [0.2, 0.25) is 0 Å². The van der Waals surface area contributed by atoms with Gasteiger partial charge in [-0.1, -0.05) is 29.3 Å². The Morgan fingerprint density at radius 2 is 1.55 bits per heavy atom. The Morgan fingerprint density at radius 1 is 0.968 bits per heavy atom. The number of carbonyl (C=O) groups excluding carboxylic acids is 2. The fraction of sp³-hybridized carbons (Fsp3) is 0.304. The van der Waals surface area contributed by atoms with Crippen molar-refractivity contribution in [1.82, 2.24) is 5.32 Å². The van der Waals surface area contributed by atoms with Crippen molar-refractivity contribution in [3.63, 3.8) is 0 Å².